The number of amides is 2. The quantitative estimate of drug-likeness (QED) is 0.156. The highest BCUT2D eigenvalue weighted by Crippen LogP contribution is 2.36. The molecule has 2 saturated heterocycles. The van der Waals surface area contributed by atoms with Gasteiger partial charge in [-0.1, -0.05) is 48.5 Å². The molecule has 0 saturated carbocycles. The Labute approximate surface area is 281 Å². The van der Waals surface area contributed by atoms with Crippen LogP contribution in [0.15, 0.2) is 83.9 Å². The minimum atomic E-state index is -4.95. The molecule has 2 aliphatic heterocycles. The molecule has 2 heterocycles. The first-order chi connectivity index (χ1) is 23.3. The predicted molar refractivity (Wildman–Crippen MR) is 174 cm³/mol. The van der Waals surface area contributed by atoms with E-state index in [1.165, 1.54) is 11.9 Å². The van der Waals surface area contributed by atoms with Crippen molar-refractivity contribution in [2.45, 2.75) is 44.1 Å². The third kappa shape index (κ3) is 9.20. The smallest absolute Gasteiger partial charge is 0.344 e. The van der Waals surface area contributed by atoms with Crippen molar-refractivity contribution in [1.82, 2.24) is 19.6 Å². The SMILES string of the molecule is CN(CCc1cc(C(F)(F)F)cc(C(F)(F)F)c1)C(=O)C(c1ccccc1)N1CCN(C(=NC(=O)c2ccccc2)N2CCCCC2)CC1. The second-order valence-electron chi connectivity index (χ2n) is 12.4. The van der Waals surface area contributed by atoms with Crippen molar-refractivity contribution in [1.29, 1.82) is 0 Å². The minimum Gasteiger partial charge on any atom is -0.344 e. The van der Waals surface area contributed by atoms with Gasteiger partial charge in [0.05, 0.1) is 11.1 Å². The van der Waals surface area contributed by atoms with Gasteiger partial charge in [-0.3, -0.25) is 14.5 Å². The molecule has 0 N–H and O–H groups in total. The van der Waals surface area contributed by atoms with E-state index in [1.54, 1.807) is 24.3 Å². The molecule has 1 atom stereocenters. The van der Waals surface area contributed by atoms with Gasteiger partial charge in [-0.25, -0.2) is 0 Å². The molecular formula is C36H39F6N5O2. The summed E-state index contributed by atoms with van der Waals surface area (Å²) in [6.07, 6.45) is -7.01. The van der Waals surface area contributed by atoms with Crippen LogP contribution in [0.2, 0.25) is 0 Å². The van der Waals surface area contributed by atoms with E-state index < -0.39 is 29.5 Å². The molecular weight excluding hydrogens is 648 g/mol. The van der Waals surface area contributed by atoms with Crippen LogP contribution in [0.25, 0.3) is 0 Å². The van der Waals surface area contributed by atoms with Gasteiger partial charge in [0.25, 0.3) is 5.91 Å². The fraction of sp³-hybridized carbons (Fsp3) is 0.417. The molecule has 7 nitrogen and oxygen atoms in total. The maximum absolute atomic E-state index is 14.0. The molecule has 2 amide bonds. The van der Waals surface area contributed by atoms with Crippen molar-refractivity contribution in [3.63, 3.8) is 0 Å². The Morgan fingerprint density at radius 3 is 1.82 bits per heavy atom. The Morgan fingerprint density at radius 2 is 1.27 bits per heavy atom. The van der Waals surface area contributed by atoms with Gasteiger partial charge in [0, 0.05) is 58.4 Å². The Kier molecular flexibility index (Phi) is 11.3. The Bertz CT molecular complexity index is 1570. The first-order valence-electron chi connectivity index (χ1n) is 16.3. The van der Waals surface area contributed by atoms with Crippen LogP contribution in [-0.4, -0.2) is 90.2 Å². The third-order valence-corrected chi connectivity index (χ3v) is 8.93. The lowest BCUT2D eigenvalue weighted by atomic mass is 10.0. The molecule has 0 aliphatic carbocycles. The zero-order chi connectivity index (χ0) is 35.2. The van der Waals surface area contributed by atoms with Gasteiger partial charge in [0.15, 0.2) is 0 Å². The van der Waals surface area contributed by atoms with Crippen molar-refractivity contribution in [2.24, 2.45) is 4.99 Å². The van der Waals surface area contributed by atoms with Gasteiger partial charge in [0.2, 0.25) is 11.9 Å². The number of hydrogen-bond donors (Lipinski definition) is 0. The fourth-order valence-corrected chi connectivity index (χ4v) is 6.28. The lowest BCUT2D eigenvalue weighted by Crippen LogP contribution is -2.56. The normalized spacial score (nSPS) is 17.2. The van der Waals surface area contributed by atoms with Gasteiger partial charge >= 0.3 is 12.4 Å². The summed E-state index contributed by atoms with van der Waals surface area (Å²) in [6, 6.07) is 18.7. The number of rotatable bonds is 7. The number of carbonyl (C=O) groups is 2. The Hall–Kier alpha value is -4.39. The molecule has 3 aromatic carbocycles. The molecule has 5 rings (SSSR count). The fourth-order valence-electron chi connectivity index (χ4n) is 6.28. The van der Waals surface area contributed by atoms with Crippen LogP contribution in [0.4, 0.5) is 26.3 Å². The lowest BCUT2D eigenvalue weighted by Gasteiger charge is -2.43. The third-order valence-electron chi connectivity index (χ3n) is 8.93. The Balaban J connectivity index is 1.32. The molecule has 262 valence electrons. The monoisotopic (exact) mass is 687 g/mol. The van der Waals surface area contributed by atoms with Gasteiger partial charge in [-0.2, -0.15) is 31.3 Å². The van der Waals surface area contributed by atoms with Crippen LogP contribution in [0.3, 0.4) is 0 Å². The number of hydrogen-bond acceptors (Lipinski definition) is 3. The molecule has 49 heavy (non-hydrogen) atoms. The van der Waals surface area contributed by atoms with Crippen molar-refractivity contribution >= 4 is 17.8 Å². The maximum atomic E-state index is 14.0. The number of piperidine rings is 1. The largest absolute Gasteiger partial charge is 0.416 e. The minimum absolute atomic E-state index is 0.0892. The first kappa shape index (κ1) is 35.9. The number of guanidine groups is 1. The molecule has 0 aromatic heterocycles. The van der Waals surface area contributed by atoms with E-state index in [-0.39, 0.29) is 36.4 Å². The topological polar surface area (TPSA) is 59.5 Å². The first-order valence-corrected chi connectivity index (χ1v) is 16.3. The zero-order valence-electron chi connectivity index (χ0n) is 27.2. The lowest BCUT2D eigenvalue weighted by molar-refractivity contribution is -0.143. The highest BCUT2D eigenvalue weighted by molar-refractivity contribution is 6.02. The van der Waals surface area contributed by atoms with E-state index in [9.17, 15) is 35.9 Å². The second kappa shape index (κ2) is 15.4. The van der Waals surface area contributed by atoms with Crippen LogP contribution in [0, 0.1) is 0 Å². The van der Waals surface area contributed by atoms with Crippen molar-refractivity contribution in [2.75, 3.05) is 52.9 Å². The van der Waals surface area contributed by atoms with Crippen molar-refractivity contribution in [3.05, 3.63) is 107 Å². The number of aliphatic imine (C=N–C) groups is 1. The van der Waals surface area contributed by atoms with Gasteiger partial charge in [-0.15, -0.1) is 0 Å². The summed E-state index contributed by atoms with van der Waals surface area (Å²) in [5.41, 5.74) is -1.72. The molecule has 2 fully saturated rings. The average molecular weight is 688 g/mol. The molecule has 0 radical (unpaired) electrons. The van der Waals surface area contributed by atoms with E-state index in [0.717, 1.165) is 37.9 Å². The zero-order valence-corrected chi connectivity index (χ0v) is 27.2. The Morgan fingerprint density at radius 1 is 0.735 bits per heavy atom. The number of likely N-dealkylation sites (tertiary alicyclic amines) is 1. The number of benzene rings is 3. The molecule has 0 spiro atoms. The summed E-state index contributed by atoms with van der Waals surface area (Å²) >= 11 is 0. The number of alkyl halides is 6. The average Bonchev–Trinajstić information content (AvgIpc) is 3.10. The number of nitrogens with zero attached hydrogens (tertiary/aromatic N) is 5. The highest BCUT2D eigenvalue weighted by atomic mass is 19.4. The highest BCUT2D eigenvalue weighted by Gasteiger charge is 2.38. The number of halogens is 6. The van der Waals surface area contributed by atoms with E-state index in [0.29, 0.717) is 49.8 Å². The summed E-state index contributed by atoms with van der Waals surface area (Å²) < 4.78 is 80.5. The van der Waals surface area contributed by atoms with Gasteiger partial charge < -0.3 is 14.7 Å². The molecule has 2 aliphatic rings. The molecule has 0 bridgehead atoms. The summed E-state index contributed by atoms with van der Waals surface area (Å²) in [7, 11) is 1.50. The van der Waals surface area contributed by atoms with Crippen LogP contribution in [0.1, 0.15) is 57.9 Å². The number of likely N-dealkylation sites (N-methyl/N-ethyl adjacent to an activating group) is 1. The van der Waals surface area contributed by atoms with Crippen LogP contribution in [-0.2, 0) is 23.6 Å². The molecule has 1 unspecified atom stereocenters. The van der Waals surface area contributed by atoms with Gasteiger partial charge in [-0.05, 0) is 67.1 Å². The standard InChI is InChI=1S/C36H39F6N5O2/c1-44(18-15-26-23-29(35(37,38)39)25-30(24-26)36(40,41)42)33(49)31(27-11-5-2-6-12-27)45-19-21-47(22-20-45)34(46-16-9-4-10-17-46)43-32(48)28-13-7-3-8-14-28/h2-3,5-8,11-14,23-25,31H,4,9-10,15-22H2,1H3. The number of carbonyl (C=O) groups excluding carboxylic acids is 2. The summed E-state index contributed by atoms with van der Waals surface area (Å²) in [4.78, 5) is 39.3. The summed E-state index contributed by atoms with van der Waals surface area (Å²) in [6.45, 7) is 3.36. The van der Waals surface area contributed by atoms with Crippen molar-refractivity contribution < 1.29 is 35.9 Å². The molecule has 13 heteroatoms. The van der Waals surface area contributed by atoms with E-state index >= 15 is 0 Å². The van der Waals surface area contributed by atoms with Crippen LogP contribution in [0.5, 0.6) is 0 Å². The molecule has 3 aromatic rings. The van der Waals surface area contributed by atoms with Gasteiger partial charge in [0.1, 0.15) is 6.04 Å². The van der Waals surface area contributed by atoms with Crippen LogP contribution >= 0.6 is 0 Å². The maximum Gasteiger partial charge on any atom is 0.416 e. The number of piperazine rings is 1. The second-order valence-corrected chi connectivity index (χ2v) is 12.4. The van der Waals surface area contributed by atoms with Crippen LogP contribution < -0.4 is 0 Å². The summed E-state index contributed by atoms with van der Waals surface area (Å²) in [5, 5.41) is 0. The van der Waals surface area contributed by atoms with Crippen molar-refractivity contribution in [3.8, 4) is 0 Å². The predicted octanol–water partition coefficient (Wildman–Crippen LogP) is 6.77. The van der Waals surface area contributed by atoms with E-state index in [2.05, 4.69) is 14.8 Å². The van der Waals surface area contributed by atoms with E-state index in [4.69, 9.17) is 0 Å². The summed E-state index contributed by atoms with van der Waals surface area (Å²) in [5.74, 6) is -0.0373. The van der Waals surface area contributed by atoms with E-state index in [1.807, 2.05) is 41.3 Å².